The van der Waals surface area contributed by atoms with Gasteiger partial charge in [0.05, 0.1) is 13.0 Å². The second-order valence-corrected chi connectivity index (χ2v) is 4.87. The van der Waals surface area contributed by atoms with Gasteiger partial charge in [-0.05, 0) is 20.8 Å². The molecular formula is C12H20N4O2. The molecule has 0 spiro atoms. The van der Waals surface area contributed by atoms with Crippen LogP contribution in [0.1, 0.15) is 25.8 Å². The van der Waals surface area contributed by atoms with Crippen LogP contribution < -0.4 is 15.8 Å². The molecule has 1 aromatic heterocycles. The van der Waals surface area contributed by atoms with Crippen LogP contribution in [-0.4, -0.2) is 34.6 Å². The van der Waals surface area contributed by atoms with Crippen molar-refractivity contribution < 1.29 is 9.53 Å². The number of ether oxygens (including phenoxy) is 1. The third-order valence-corrected chi connectivity index (χ3v) is 2.16. The third kappa shape index (κ3) is 5.58. The Bertz CT molecular complexity index is 401. The van der Waals surface area contributed by atoms with E-state index < -0.39 is 5.54 Å². The Morgan fingerprint density at radius 1 is 1.56 bits per heavy atom. The maximum Gasteiger partial charge on any atom is 0.223 e. The summed E-state index contributed by atoms with van der Waals surface area (Å²) in [4.78, 5) is 19.3. The van der Waals surface area contributed by atoms with Gasteiger partial charge in [0.2, 0.25) is 11.8 Å². The van der Waals surface area contributed by atoms with E-state index in [2.05, 4.69) is 15.3 Å². The lowest BCUT2D eigenvalue weighted by Gasteiger charge is -2.18. The molecule has 0 fully saturated rings. The highest BCUT2D eigenvalue weighted by atomic mass is 16.5. The van der Waals surface area contributed by atoms with Crippen LogP contribution in [0.15, 0.2) is 12.5 Å². The van der Waals surface area contributed by atoms with Crippen molar-refractivity contribution in [3.8, 4) is 5.88 Å². The fraction of sp³-hybridized carbons (Fsp3) is 0.583. The highest BCUT2D eigenvalue weighted by molar-refractivity contribution is 5.76. The number of aryl methyl sites for hydroxylation is 1. The number of nitrogens with zero attached hydrogens (tertiary/aromatic N) is 2. The van der Waals surface area contributed by atoms with Crippen molar-refractivity contribution in [1.82, 2.24) is 15.3 Å². The summed E-state index contributed by atoms with van der Waals surface area (Å²) in [6, 6.07) is 0. The van der Waals surface area contributed by atoms with Gasteiger partial charge in [-0.15, -0.1) is 0 Å². The van der Waals surface area contributed by atoms with Crippen molar-refractivity contribution >= 4 is 5.91 Å². The second-order valence-electron chi connectivity index (χ2n) is 4.87. The molecule has 0 atom stereocenters. The Morgan fingerprint density at radius 3 is 2.89 bits per heavy atom. The normalized spacial score (nSPS) is 11.1. The highest BCUT2D eigenvalue weighted by Crippen LogP contribution is 2.10. The summed E-state index contributed by atoms with van der Waals surface area (Å²) in [6.07, 6.45) is 3.36. The summed E-state index contributed by atoms with van der Waals surface area (Å²) in [5, 5.41) is 2.75. The zero-order chi connectivity index (χ0) is 13.6. The standard InChI is InChI=1S/C12H20N4O2/c1-9-6-14-8-16-11(9)18-5-4-10(17)15-7-12(2,3)13/h6,8H,4-5,7,13H2,1-3H3,(H,15,17). The molecule has 6 nitrogen and oxygen atoms in total. The Morgan fingerprint density at radius 2 is 2.28 bits per heavy atom. The van der Waals surface area contributed by atoms with E-state index in [1.54, 1.807) is 6.20 Å². The Hall–Kier alpha value is -1.69. The van der Waals surface area contributed by atoms with Gasteiger partial charge < -0.3 is 15.8 Å². The fourth-order valence-corrected chi connectivity index (χ4v) is 1.19. The zero-order valence-corrected chi connectivity index (χ0v) is 11.1. The Labute approximate surface area is 107 Å². The summed E-state index contributed by atoms with van der Waals surface area (Å²) in [7, 11) is 0. The van der Waals surface area contributed by atoms with E-state index in [0.29, 0.717) is 12.4 Å². The molecule has 1 heterocycles. The van der Waals surface area contributed by atoms with Crippen LogP contribution in [0.4, 0.5) is 0 Å². The molecule has 100 valence electrons. The molecule has 18 heavy (non-hydrogen) atoms. The van der Waals surface area contributed by atoms with Gasteiger partial charge in [0, 0.05) is 23.8 Å². The minimum atomic E-state index is -0.403. The van der Waals surface area contributed by atoms with Gasteiger partial charge in [-0.2, -0.15) is 0 Å². The molecule has 0 saturated heterocycles. The molecule has 0 unspecified atom stereocenters. The van der Waals surface area contributed by atoms with Crippen LogP contribution in [0.3, 0.4) is 0 Å². The molecular weight excluding hydrogens is 232 g/mol. The number of nitrogens with one attached hydrogen (secondary N) is 1. The van der Waals surface area contributed by atoms with Crippen molar-refractivity contribution in [2.45, 2.75) is 32.7 Å². The SMILES string of the molecule is Cc1cncnc1OCCC(=O)NCC(C)(C)N. The molecule has 0 aliphatic carbocycles. The first-order chi connectivity index (χ1) is 8.38. The van der Waals surface area contributed by atoms with Crippen molar-refractivity contribution in [3.05, 3.63) is 18.1 Å². The Kier molecular flexibility index (Phi) is 5.03. The van der Waals surface area contributed by atoms with E-state index in [1.807, 2.05) is 20.8 Å². The average molecular weight is 252 g/mol. The Balaban J connectivity index is 2.26. The van der Waals surface area contributed by atoms with Crippen molar-refractivity contribution in [3.63, 3.8) is 0 Å². The number of hydrogen-bond acceptors (Lipinski definition) is 5. The first-order valence-corrected chi connectivity index (χ1v) is 5.83. The van der Waals surface area contributed by atoms with Gasteiger partial charge in [-0.3, -0.25) is 4.79 Å². The van der Waals surface area contributed by atoms with E-state index in [-0.39, 0.29) is 18.9 Å². The molecule has 1 amide bonds. The molecule has 1 rings (SSSR count). The largest absolute Gasteiger partial charge is 0.477 e. The van der Waals surface area contributed by atoms with Crippen LogP contribution in [0.5, 0.6) is 5.88 Å². The monoisotopic (exact) mass is 252 g/mol. The van der Waals surface area contributed by atoms with Gasteiger partial charge in [0.25, 0.3) is 0 Å². The van der Waals surface area contributed by atoms with E-state index >= 15 is 0 Å². The van der Waals surface area contributed by atoms with E-state index in [0.717, 1.165) is 5.56 Å². The molecule has 6 heteroatoms. The van der Waals surface area contributed by atoms with Crippen LogP contribution in [0, 0.1) is 6.92 Å². The number of rotatable bonds is 6. The van der Waals surface area contributed by atoms with E-state index in [4.69, 9.17) is 10.5 Å². The molecule has 1 aromatic rings. The van der Waals surface area contributed by atoms with E-state index in [1.165, 1.54) is 6.33 Å². The number of carbonyl (C=O) groups is 1. The topological polar surface area (TPSA) is 90.1 Å². The van der Waals surface area contributed by atoms with Gasteiger partial charge in [0.15, 0.2) is 0 Å². The predicted octanol–water partition coefficient (Wildman–Crippen LogP) is 0.407. The summed E-state index contributed by atoms with van der Waals surface area (Å²) >= 11 is 0. The number of hydrogen-bond donors (Lipinski definition) is 2. The summed E-state index contributed by atoms with van der Waals surface area (Å²) < 4.78 is 5.40. The quantitative estimate of drug-likeness (QED) is 0.765. The molecule has 0 aliphatic rings. The molecule has 3 N–H and O–H groups in total. The van der Waals surface area contributed by atoms with Crippen molar-refractivity contribution in [1.29, 1.82) is 0 Å². The number of amides is 1. The minimum Gasteiger partial charge on any atom is -0.477 e. The first-order valence-electron chi connectivity index (χ1n) is 5.83. The molecule has 0 aliphatic heterocycles. The van der Waals surface area contributed by atoms with E-state index in [9.17, 15) is 4.79 Å². The zero-order valence-electron chi connectivity index (χ0n) is 11.1. The maximum absolute atomic E-state index is 11.5. The molecule has 0 saturated carbocycles. The van der Waals surface area contributed by atoms with Crippen LogP contribution in [-0.2, 0) is 4.79 Å². The predicted molar refractivity (Wildman–Crippen MR) is 68.2 cm³/mol. The minimum absolute atomic E-state index is 0.0831. The smallest absolute Gasteiger partial charge is 0.223 e. The van der Waals surface area contributed by atoms with Gasteiger partial charge in [-0.1, -0.05) is 0 Å². The van der Waals surface area contributed by atoms with Gasteiger partial charge >= 0.3 is 0 Å². The van der Waals surface area contributed by atoms with Crippen molar-refractivity contribution in [2.24, 2.45) is 5.73 Å². The second kappa shape index (κ2) is 6.30. The fourth-order valence-electron chi connectivity index (χ4n) is 1.19. The van der Waals surface area contributed by atoms with Crippen LogP contribution in [0.2, 0.25) is 0 Å². The highest BCUT2D eigenvalue weighted by Gasteiger charge is 2.12. The van der Waals surface area contributed by atoms with Crippen LogP contribution in [0.25, 0.3) is 0 Å². The lowest BCUT2D eigenvalue weighted by molar-refractivity contribution is -0.121. The van der Waals surface area contributed by atoms with Crippen LogP contribution >= 0.6 is 0 Å². The molecule has 0 bridgehead atoms. The molecule has 0 radical (unpaired) electrons. The van der Waals surface area contributed by atoms with Gasteiger partial charge in [-0.25, -0.2) is 9.97 Å². The van der Waals surface area contributed by atoms with Crippen molar-refractivity contribution in [2.75, 3.05) is 13.2 Å². The lowest BCUT2D eigenvalue weighted by atomic mass is 10.1. The average Bonchev–Trinajstić information content (AvgIpc) is 2.28. The third-order valence-electron chi connectivity index (χ3n) is 2.16. The number of carbonyl (C=O) groups excluding carboxylic acids is 1. The first kappa shape index (κ1) is 14.4. The maximum atomic E-state index is 11.5. The summed E-state index contributed by atoms with van der Waals surface area (Å²) in [5.41, 5.74) is 6.21. The number of aromatic nitrogens is 2. The van der Waals surface area contributed by atoms with Gasteiger partial charge in [0.1, 0.15) is 6.33 Å². The summed E-state index contributed by atoms with van der Waals surface area (Å²) in [5.74, 6) is 0.428. The summed E-state index contributed by atoms with van der Waals surface area (Å²) in [6.45, 7) is 6.29. The number of nitrogens with two attached hydrogens (primary N) is 1. The lowest BCUT2D eigenvalue weighted by Crippen LogP contribution is -2.45. The molecule has 0 aromatic carbocycles.